The van der Waals surface area contributed by atoms with Gasteiger partial charge in [-0.05, 0) is 36.8 Å². The average molecular weight is 492 g/mol. The van der Waals surface area contributed by atoms with Crippen molar-refractivity contribution in [3.05, 3.63) is 113 Å². The SMILES string of the molecule is C=CCOC(=O)C1=C(C)N=c2s/c(=C/c3ccccc3[N+](=O)[O-])c(=O)n2C1c1ccc(OC)cc1. The quantitative estimate of drug-likeness (QED) is 0.217. The monoisotopic (exact) mass is 491 g/mol. The van der Waals surface area contributed by atoms with E-state index in [-0.39, 0.29) is 22.4 Å². The highest BCUT2D eigenvalue weighted by molar-refractivity contribution is 7.07. The van der Waals surface area contributed by atoms with Gasteiger partial charge < -0.3 is 9.47 Å². The molecule has 3 aromatic rings. The number of allylic oxidation sites excluding steroid dienone is 1. The molecule has 4 rings (SSSR count). The summed E-state index contributed by atoms with van der Waals surface area (Å²) in [5.74, 6) is 0.00831. The molecular weight excluding hydrogens is 470 g/mol. The van der Waals surface area contributed by atoms with Crippen LogP contribution in [0.2, 0.25) is 0 Å². The summed E-state index contributed by atoms with van der Waals surface area (Å²) in [7, 11) is 1.54. The van der Waals surface area contributed by atoms with Gasteiger partial charge in [-0.25, -0.2) is 9.79 Å². The molecule has 0 amide bonds. The van der Waals surface area contributed by atoms with E-state index in [9.17, 15) is 19.7 Å². The van der Waals surface area contributed by atoms with Crippen LogP contribution in [0.15, 0.2) is 82.2 Å². The molecule has 10 heteroatoms. The Morgan fingerprint density at radius 2 is 1.97 bits per heavy atom. The molecular formula is C25H21N3O6S. The first-order chi connectivity index (χ1) is 16.8. The largest absolute Gasteiger partial charge is 0.497 e. The summed E-state index contributed by atoms with van der Waals surface area (Å²) in [6.07, 6.45) is 2.93. The molecule has 0 saturated carbocycles. The Labute approximate surface area is 203 Å². The third kappa shape index (κ3) is 4.56. The Bertz CT molecular complexity index is 1530. The molecule has 2 aromatic carbocycles. The number of nitro benzene ring substituents is 1. The predicted molar refractivity (Wildman–Crippen MR) is 131 cm³/mol. The second-order valence-electron chi connectivity index (χ2n) is 7.56. The zero-order valence-corrected chi connectivity index (χ0v) is 19.8. The molecule has 178 valence electrons. The molecule has 1 atom stereocenters. The van der Waals surface area contributed by atoms with E-state index in [4.69, 9.17) is 9.47 Å². The van der Waals surface area contributed by atoms with E-state index < -0.39 is 22.5 Å². The highest BCUT2D eigenvalue weighted by atomic mass is 32.1. The smallest absolute Gasteiger partial charge is 0.338 e. The Hall–Kier alpha value is -4.31. The topological polar surface area (TPSA) is 113 Å². The van der Waals surface area contributed by atoms with E-state index in [0.717, 1.165) is 11.3 Å². The first-order valence-corrected chi connectivity index (χ1v) is 11.3. The van der Waals surface area contributed by atoms with Gasteiger partial charge in [-0.2, -0.15) is 0 Å². The molecule has 1 aliphatic rings. The lowest BCUT2D eigenvalue weighted by Crippen LogP contribution is -2.39. The number of rotatable bonds is 7. The summed E-state index contributed by atoms with van der Waals surface area (Å²) in [4.78, 5) is 42.4. The van der Waals surface area contributed by atoms with E-state index in [1.807, 2.05) is 0 Å². The van der Waals surface area contributed by atoms with Gasteiger partial charge in [0.15, 0.2) is 4.80 Å². The highest BCUT2D eigenvalue weighted by Gasteiger charge is 2.33. The zero-order chi connectivity index (χ0) is 25.1. The van der Waals surface area contributed by atoms with E-state index in [1.165, 1.54) is 22.8 Å². The number of fused-ring (bicyclic) bond motifs is 1. The van der Waals surface area contributed by atoms with Crippen LogP contribution in [0.3, 0.4) is 0 Å². The maximum absolute atomic E-state index is 13.6. The molecule has 0 saturated heterocycles. The van der Waals surface area contributed by atoms with E-state index in [2.05, 4.69) is 11.6 Å². The van der Waals surface area contributed by atoms with Crippen LogP contribution >= 0.6 is 11.3 Å². The number of methoxy groups -OCH3 is 1. The molecule has 0 N–H and O–H groups in total. The fourth-order valence-electron chi connectivity index (χ4n) is 3.81. The molecule has 0 fully saturated rings. The molecule has 1 unspecified atom stereocenters. The number of aromatic nitrogens is 1. The lowest BCUT2D eigenvalue weighted by Gasteiger charge is -2.24. The Kier molecular flexibility index (Phi) is 6.74. The number of carbonyl (C=O) groups is 1. The van der Waals surface area contributed by atoms with E-state index in [1.54, 1.807) is 56.5 Å². The van der Waals surface area contributed by atoms with Crippen molar-refractivity contribution in [1.82, 2.24) is 4.57 Å². The number of ether oxygens (including phenoxy) is 2. The van der Waals surface area contributed by atoms with Crippen molar-refractivity contribution in [2.24, 2.45) is 4.99 Å². The predicted octanol–water partition coefficient (Wildman–Crippen LogP) is 2.88. The number of carbonyl (C=O) groups excluding carboxylic acids is 1. The maximum Gasteiger partial charge on any atom is 0.338 e. The summed E-state index contributed by atoms with van der Waals surface area (Å²) in [5, 5.41) is 11.4. The van der Waals surface area contributed by atoms with Gasteiger partial charge in [-0.15, -0.1) is 0 Å². The summed E-state index contributed by atoms with van der Waals surface area (Å²) >= 11 is 1.10. The molecule has 1 aromatic heterocycles. The standard InChI is InChI=1S/C25H21N3O6S/c1-4-13-34-24(30)21-15(2)26-25-27(22(21)16-9-11-18(33-3)12-10-16)23(29)20(35-25)14-17-7-5-6-8-19(17)28(31)32/h4-12,14,22H,1,13H2,2-3H3/b20-14+. The molecule has 0 spiro atoms. The van der Waals surface area contributed by atoms with Crippen LogP contribution in [0.4, 0.5) is 5.69 Å². The van der Waals surface area contributed by atoms with Crippen molar-refractivity contribution in [2.75, 3.05) is 13.7 Å². The Balaban J connectivity index is 1.95. The molecule has 35 heavy (non-hydrogen) atoms. The van der Waals surface area contributed by atoms with Crippen LogP contribution in [0.5, 0.6) is 5.75 Å². The summed E-state index contributed by atoms with van der Waals surface area (Å²) in [5.41, 5.74) is 1.05. The van der Waals surface area contributed by atoms with E-state index >= 15 is 0 Å². The van der Waals surface area contributed by atoms with Crippen LogP contribution in [0, 0.1) is 10.1 Å². The van der Waals surface area contributed by atoms with Crippen molar-refractivity contribution in [2.45, 2.75) is 13.0 Å². The molecule has 0 radical (unpaired) electrons. The maximum atomic E-state index is 13.6. The van der Waals surface area contributed by atoms with Gasteiger partial charge in [-0.1, -0.05) is 48.3 Å². The van der Waals surface area contributed by atoms with Gasteiger partial charge in [0.2, 0.25) is 0 Å². The second-order valence-corrected chi connectivity index (χ2v) is 8.57. The number of nitrogens with zero attached hydrogens (tertiary/aromatic N) is 3. The average Bonchev–Trinajstić information content (AvgIpc) is 3.16. The molecule has 2 heterocycles. The number of para-hydroxylation sites is 1. The summed E-state index contributed by atoms with van der Waals surface area (Å²) in [6.45, 7) is 5.26. The summed E-state index contributed by atoms with van der Waals surface area (Å²) in [6, 6.07) is 12.4. The summed E-state index contributed by atoms with van der Waals surface area (Å²) < 4.78 is 12.2. The lowest BCUT2D eigenvalue weighted by atomic mass is 9.96. The van der Waals surface area contributed by atoms with Crippen LogP contribution in [0.25, 0.3) is 6.08 Å². The number of nitro groups is 1. The van der Waals surface area contributed by atoms with Gasteiger partial charge in [0.1, 0.15) is 12.4 Å². The number of esters is 1. The van der Waals surface area contributed by atoms with Crippen LogP contribution in [-0.4, -0.2) is 29.2 Å². The highest BCUT2D eigenvalue weighted by Crippen LogP contribution is 2.31. The minimum atomic E-state index is -0.803. The number of hydrogen-bond donors (Lipinski definition) is 0. The van der Waals surface area contributed by atoms with Crippen molar-refractivity contribution in [1.29, 1.82) is 0 Å². The number of thiazole rings is 1. The van der Waals surface area contributed by atoms with Crippen LogP contribution in [-0.2, 0) is 9.53 Å². The first-order valence-electron chi connectivity index (χ1n) is 10.5. The third-order valence-corrected chi connectivity index (χ3v) is 6.41. The normalized spacial score (nSPS) is 15.3. The van der Waals surface area contributed by atoms with Gasteiger partial charge in [-0.3, -0.25) is 19.5 Å². The Morgan fingerprint density at radius 3 is 2.63 bits per heavy atom. The molecule has 9 nitrogen and oxygen atoms in total. The van der Waals surface area contributed by atoms with Crippen molar-refractivity contribution in [3.63, 3.8) is 0 Å². The van der Waals surface area contributed by atoms with Crippen molar-refractivity contribution < 1.29 is 19.2 Å². The van der Waals surface area contributed by atoms with Crippen molar-refractivity contribution >= 4 is 29.1 Å². The fraction of sp³-hybridized carbons (Fsp3) is 0.160. The van der Waals surface area contributed by atoms with Crippen molar-refractivity contribution in [3.8, 4) is 5.75 Å². The van der Waals surface area contributed by atoms with Gasteiger partial charge in [0.25, 0.3) is 11.2 Å². The second kappa shape index (κ2) is 9.90. The molecule has 1 aliphatic heterocycles. The van der Waals surface area contributed by atoms with Gasteiger partial charge >= 0.3 is 5.97 Å². The number of hydrogen-bond acceptors (Lipinski definition) is 8. The van der Waals surface area contributed by atoms with Gasteiger partial charge in [0.05, 0.1) is 39.4 Å². The van der Waals surface area contributed by atoms with Crippen LogP contribution < -0.4 is 19.6 Å². The zero-order valence-electron chi connectivity index (χ0n) is 19.0. The lowest BCUT2D eigenvalue weighted by molar-refractivity contribution is -0.385. The molecule has 0 bridgehead atoms. The van der Waals surface area contributed by atoms with E-state index in [0.29, 0.717) is 27.4 Å². The molecule has 0 aliphatic carbocycles. The Morgan fingerprint density at radius 1 is 1.26 bits per heavy atom. The minimum Gasteiger partial charge on any atom is -0.497 e. The number of benzene rings is 2. The minimum absolute atomic E-state index is 0.00699. The fourth-order valence-corrected chi connectivity index (χ4v) is 4.85. The van der Waals surface area contributed by atoms with Crippen LogP contribution in [0.1, 0.15) is 24.1 Å². The first kappa shape index (κ1) is 23.8. The van der Waals surface area contributed by atoms with Gasteiger partial charge in [0, 0.05) is 6.07 Å². The third-order valence-electron chi connectivity index (χ3n) is 5.43.